The first-order chi connectivity index (χ1) is 27.4. The zero-order valence-corrected chi connectivity index (χ0v) is 33.4. The number of carbonyl (C=O) groups excluding carboxylic acids is 2. The fourth-order valence-electron chi connectivity index (χ4n) is 11.0. The van der Waals surface area contributed by atoms with Crippen LogP contribution in [-0.2, 0) is 25.6 Å². The van der Waals surface area contributed by atoms with Gasteiger partial charge in [0.2, 0.25) is 0 Å². The second-order valence-corrected chi connectivity index (χ2v) is 17.2. The first-order valence-corrected chi connectivity index (χ1v) is 20.1. The third kappa shape index (κ3) is 6.61. The number of ether oxygens (including phenoxy) is 2. The lowest BCUT2D eigenvalue weighted by molar-refractivity contribution is -0.200. The average molecular weight is 807 g/mol. The Morgan fingerprint density at radius 3 is 2.48 bits per heavy atom. The summed E-state index contributed by atoms with van der Waals surface area (Å²) < 4.78 is 14.1. The van der Waals surface area contributed by atoms with Crippen molar-refractivity contribution in [3.8, 4) is 11.5 Å². The van der Waals surface area contributed by atoms with Crippen LogP contribution in [0.1, 0.15) is 70.4 Å². The molecule has 0 radical (unpaired) electrons. The van der Waals surface area contributed by atoms with E-state index in [1.807, 2.05) is 19.9 Å². The van der Waals surface area contributed by atoms with E-state index in [0.717, 1.165) is 36.0 Å². The quantitative estimate of drug-likeness (QED) is 0.149. The molecule has 4 aliphatic carbocycles. The van der Waals surface area contributed by atoms with Crippen molar-refractivity contribution in [1.29, 1.82) is 0 Å². The molecule has 16 nitrogen and oxygen atoms in total. The van der Waals surface area contributed by atoms with Crippen molar-refractivity contribution >= 4 is 22.6 Å². The number of H-pyrrole nitrogens is 1. The molecule has 4 fully saturated rings. The van der Waals surface area contributed by atoms with Gasteiger partial charge in [0.05, 0.1) is 36.4 Å². The predicted molar refractivity (Wildman–Crippen MR) is 208 cm³/mol. The minimum Gasteiger partial charge on any atom is -0.394 e. The molecule has 0 bridgehead atoms. The van der Waals surface area contributed by atoms with Crippen molar-refractivity contribution in [3.05, 3.63) is 67.9 Å². The Bertz CT molecular complexity index is 2250. The maximum atomic E-state index is 13.2. The van der Waals surface area contributed by atoms with Gasteiger partial charge in [0.25, 0.3) is 5.56 Å². The van der Waals surface area contributed by atoms with Crippen molar-refractivity contribution in [2.45, 2.75) is 122 Å². The molecule has 7 aliphatic rings. The number of aliphatic hydroxyl groups is 6. The molecule has 0 amide bonds. The number of hydrogen-bond acceptors (Lipinski definition) is 14. The van der Waals surface area contributed by atoms with Crippen molar-refractivity contribution in [3.63, 3.8) is 0 Å². The van der Waals surface area contributed by atoms with Gasteiger partial charge in [0, 0.05) is 16.7 Å². The topological polar surface area (TPSA) is 255 Å². The van der Waals surface area contributed by atoms with E-state index in [1.54, 1.807) is 24.3 Å². The van der Waals surface area contributed by atoms with Crippen LogP contribution in [0.3, 0.4) is 0 Å². The highest BCUT2D eigenvalue weighted by Gasteiger charge is 2.75. The zero-order valence-electron chi connectivity index (χ0n) is 33.4. The molecule has 16 heteroatoms. The van der Waals surface area contributed by atoms with Gasteiger partial charge in [-0.3, -0.25) is 19.4 Å². The van der Waals surface area contributed by atoms with E-state index in [0.29, 0.717) is 30.3 Å². The summed E-state index contributed by atoms with van der Waals surface area (Å²) in [4.78, 5) is 59.2. The second-order valence-electron chi connectivity index (χ2n) is 17.2. The lowest BCUT2D eigenvalue weighted by Gasteiger charge is -2.59. The number of aromatic nitrogens is 4. The normalized spacial score (nSPS) is 34.0. The van der Waals surface area contributed by atoms with Gasteiger partial charge in [-0.05, 0) is 93.2 Å². The van der Waals surface area contributed by atoms with E-state index in [9.17, 15) is 44.7 Å². The number of allylic oxidation sites excluding steroid dienone is 4. The van der Waals surface area contributed by atoms with Gasteiger partial charge in [-0.15, -0.1) is 0 Å². The first-order valence-electron chi connectivity index (χ1n) is 20.1. The molecule has 3 aliphatic heterocycles. The molecule has 3 saturated carbocycles. The number of aryl methyl sites for hydroxylation is 2. The Morgan fingerprint density at radius 2 is 1.79 bits per heavy atom. The predicted octanol–water partition coefficient (Wildman–Crippen LogP) is 0.993. The van der Waals surface area contributed by atoms with Crippen LogP contribution < -0.4 is 11.2 Å². The highest BCUT2D eigenvalue weighted by molar-refractivity contribution is 6.01. The maximum Gasteiger partial charge on any atom is 0.349 e. The standard InChI is InChI=1S/C25H34O6.C17H20N4O6/c1-4-5-21-30-20-11-17-16-7-6-14-10-15(27)8-9-23(14,2)22(16)18(28)12-24(17,3)25(20,31-21)19(29)13-26;1-7-3-9-10(4-8(7)2)21(5-11(23)14(25)12(24)6-22)15-13(18-9)16(26)20-17(27)19-15/h8-10,16-18,20-22,26,28H,4-7,11-13H2,1-3H3;3-4,11-12,14,22-25H,5-6H2,1-2H3,(H,20,26,27)/t16-,17-,18-,20+,21+,22+,23-,24-,25+;11-,12+,14-/m00/s1. The van der Waals surface area contributed by atoms with Crippen LogP contribution in [-0.4, -0.2) is 117 Å². The van der Waals surface area contributed by atoms with Crippen LogP contribution in [0.2, 0.25) is 0 Å². The van der Waals surface area contributed by atoms with Crippen molar-refractivity contribution in [2.75, 3.05) is 13.2 Å². The summed E-state index contributed by atoms with van der Waals surface area (Å²) >= 11 is 0. The van der Waals surface area contributed by atoms with Gasteiger partial charge in [-0.2, -0.15) is 4.98 Å². The minimum atomic E-state index is -1.64. The molecule has 12 atom stereocenters. The Labute approximate surface area is 334 Å². The molecular weight excluding hydrogens is 752 g/mol. The Balaban J connectivity index is 0.000000179. The summed E-state index contributed by atoms with van der Waals surface area (Å²) in [6.45, 7) is 8.40. The molecule has 1 aromatic carbocycles. The highest BCUT2D eigenvalue weighted by Crippen LogP contribution is 2.69. The molecule has 7 N–H and O–H groups in total. The van der Waals surface area contributed by atoms with Crippen molar-refractivity contribution in [2.24, 2.45) is 28.6 Å². The lowest BCUT2D eigenvalue weighted by atomic mass is 9.46. The molecule has 8 rings (SSSR count). The molecule has 314 valence electrons. The number of carbonyl (C=O) groups is 2. The molecule has 3 heterocycles. The number of ketones is 2. The fourth-order valence-corrected chi connectivity index (χ4v) is 11.0. The maximum absolute atomic E-state index is 13.2. The SMILES string of the molecule is CCC[C@@H]1O[C@@H]2C[C@H]3[C@@H]4CCC5=CC(=O)C=C[C@]5(C)[C@H]4[C@@H](O)C[C@]3(C)[C@]2(C(=O)CO)O1.Cc1cc2nc3c(=O)[nH]c(=O)nc-3n(C[C@H](O)[C@H](O)[C@H](O)CO)c2cc1C. The largest absolute Gasteiger partial charge is 0.394 e. The third-order valence-electron chi connectivity index (χ3n) is 13.9. The second kappa shape index (κ2) is 15.6. The van der Waals surface area contributed by atoms with Gasteiger partial charge in [-0.1, -0.05) is 38.8 Å². The highest BCUT2D eigenvalue weighted by atomic mass is 16.7. The summed E-state index contributed by atoms with van der Waals surface area (Å²) in [7, 11) is 0. The van der Waals surface area contributed by atoms with Gasteiger partial charge < -0.3 is 44.7 Å². The number of nitrogens with zero attached hydrogens (tertiary/aromatic N) is 3. The lowest BCUT2D eigenvalue weighted by Crippen LogP contribution is -2.63. The van der Waals surface area contributed by atoms with Gasteiger partial charge in [0.15, 0.2) is 35.0 Å². The smallest absolute Gasteiger partial charge is 0.349 e. The number of Topliss-reactive ketones (excluding diaryl/α,β-unsaturated/α-hetero) is 1. The Hall–Kier alpha value is -4.00. The van der Waals surface area contributed by atoms with Crippen LogP contribution in [0, 0.1) is 42.4 Å². The Morgan fingerprint density at radius 1 is 1.07 bits per heavy atom. The van der Waals surface area contributed by atoms with Crippen LogP contribution in [0.4, 0.5) is 0 Å². The minimum absolute atomic E-state index is 0.0125. The fraction of sp³-hybridized carbons (Fsp3) is 0.619. The molecule has 1 saturated heterocycles. The van der Waals surface area contributed by atoms with E-state index >= 15 is 0 Å². The summed E-state index contributed by atoms with van der Waals surface area (Å²) in [6, 6.07) is 3.53. The van der Waals surface area contributed by atoms with Crippen molar-refractivity contribution < 1.29 is 49.7 Å². The number of aliphatic hydroxyl groups excluding tert-OH is 6. The van der Waals surface area contributed by atoms with E-state index in [-0.39, 0.29) is 52.8 Å². The van der Waals surface area contributed by atoms with Crippen LogP contribution >= 0.6 is 0 Å². The summed E-state index contributed by atoms with van der Waals surface area (Å²) in [5, 5.41) is 60.2. The van der Waals surface area contributed by atoms with E-state index in [2.05, 4.69) is 35.7 Å². The molecule has 1 aromatic rings. The molecule has 0 unspecified atom stereocenters. The molecule has 58 heavy (non-hydrogen) atoms. The monoisotopic (exact) mass is 806 g/mol. The summed E-state index contributed by atoms with van der Waals surface area (Å²) in [5.41, 5.74) is 0.0656. The third-order valence-corrected chi connectivity index (χ3v) is 13.9. The van der Waals surface area contributed by atoms with Crippen molar-refractivity contribution in [1.82, 2.24) is 19.5 Å². The van der Waals surface area contributed by atoms with Crippen LogP contribution in [0.15, 0.2) is 45.5 Å². The Kier molecular flexibility index (Phi) is 11.3. The number of benzene rings is 1. The average Bonchev–Trinajstić information content (AvgIpc) is 3.66. The number of nitrogens with one attached hydrogen (secondary N) is 1. The summed E-state index contributed by atoms with van der Waals surface area (Å²) in [5.74, 6) is -0.0242. The van der Waals surface area contributed by atoms with Gasteiger partial charge in [-0.25, -0.2) is 9.78 Å². The zero-order chi connectivity index (χ0) is 42.1. The first kappa shape index (κ1) is 42.1. The van der Waals surface area contributed by atoms with Gasteiger partial charge in [0.1, 0.15) is 24.9 Å². The number of fused-ring (bicyclic) bond motifs is 9. The molecular formula is C42H54N4O12. The number of aromatic amines is 1. The van der Waals surface area contributed by atoms with E-state index in [1.165, 1.54) is 4.57 Å². The molecule has 0 aromatic heterocycles. The number of rotatable bonds is 9. The van der Waals surface area contributed by atoms with E-state index < -0.39 is 72.3 Å². The van der Waals surface area contributed by atoms with Crippen LogP contribution in [0.5, 0.6) is 0 Å². The number of hydrogen-bond donors (Lipinski definition) is 7. The summed E-state index contributed by atoms with van der Waals surface area (Å²) in [6.07, 6.45) is 3.63. The molecule has 0 spiro atoms. The van der Waals surface area contributed by atoms with E-state index in [4.69, 9.17) is 14.6 Å². The van der Waals surface area contributed by atoms with Crippen LogP contribution in [0.25, 0.3) is 22.6 Å². The van der Waals surface area contributed by atoms with Gasteiger partial charge >= 0.3 is 5.69 Å².